The number of hydrogen-bond acceptors (Lipinski definition) is 3. The number of isocyanates is 1. The van der Waals surface area contributed by atoms with Gasteiger partial charge in [0.1, 0.15) is 5.75 Å². The van der Waals surface area contributed by atoms with Gasteiger partial charge in [0.25, 0.3) is 0 Å². The van der Waals surface area contributed by atoms with Gasteiger partial charge in [0, 0.05) is 10.5 Å². The van der Waals surface area contributed by atoms with Crippen LogP contribution in [0, 0.1) is 0 Å². The number of ether oxygens (including phenoxy) is 1. The number of rotatable bonds is 3. The van der Waals surface area contributed by atoms with Gasteiger partial charge in [0.05, 0.1) is 5.69 Å². The summed E-state index contributed by atoms with van der Waals surface area (Å²) in [7, 11) is 0. The van der Waals surface area contributed by atoms with Crippen molar-refractivity contribution in [3.63, 3.8) is 0 Å². The first-order valence-electron chi connectivity index (χ1n) is 3.45. The molecule has 0 aromatic heterocycles. The van der Waals surface area contributed by atoms with E-state index in [4.69, 9.17) is 0 Å². The second kappa shape index (κ2) is 4.83. The lowest BCUT2D eigenvalue weighted by Gasteiger charge is -2.04. The molecule has 0 atom stereocenters. The standard InChI is InChI=1S/C8H4BrF2NO2/c9-5-1-6(12-4-13)3-7(2-5)14-8(10)11/h1-3,8H. The summed E-state index contributed by atoms with van der Waals surface area (Å²) in [6.45, 7) is -2.91. The quantitative estimate of drug-likeness (QED) is 0.621. The first kappa shape index (κ1) is 10.8. The van der Waals surface area contributed by atoms with Crippen LogP contribution in [0.4, 0.5) is 14.5 Å². The summed E-state index contributed by atoms with van der Waals surface area (Å²) in [5.41, 5.74) is 0.199. The van der Waals surface area contributed by atoms with Crippen molar-refractivity contribution in [2.75, 3.05) is 0 Å². The highest BCUT2D eigenvalue weighted by molar-refractivity contribution is 9.10. The van der Waals surface area contributed by atoms with E-state index >= 15 is 0 Å². The summed E-state index contributed by atoms with van der Waals surface area (Å²) in [5, 5.41) is 0. The largest absolute Gasteiger partial charge is 0.435 e. The number of alkyl halides is 2. The van der Waals surface area contributed by atoms with E-state index in [1.165, 1.54) is 24.3 Å². The van der Waals surface area contributed by atoms with Crippen molar-refractivity contribution >= 4 is 27.7 Å². The molecule has 0 bridgehead atoms. The molecule has 1 aromatic carbocycles. The molecule has 74 valence electrons. The smallest absolute Gasteiger partial charge is 0.387 e. The maximum atomic E-state index is 11.8. The third kappa shape index (κ3) is 3.24. The SMILES string of the molecule is O=C=Nc1cc(Br)cc(OC(F)F)c1. The Labute approximate surface area is 86.5 Å². The Bertz CT molecular complexity index is 378. The molecule has 0 aliphatic rings. The Morgan fingerprint density at radius 3 is 2.71 bits per heavy atom. The third-order valence-corrected chi connectivity index (χ3v) is 1.71. The van der Waals surface area contributed by atoms with Gasteiger partial charge in [0.15, 0.2) is 0 Å². The molecule has 0 N–H and O–H groups in total. The lowest BCUT2D eigenvalue weighted by Crippen LogP contribution is -2.01. The van der Waals surface area contributed by atoms with Crippen molar-refractivity contribution < 1.29 is 18.3 Å². The first-order valence-corrected chi connectivity index (χ1v) is 4.24. The second-order valence-corrected chi connectivity index (χ2v) is 3.14. The van der Waals surface area contributed by atoms with Gasteiger partial charge in [-0.2, -0.15) is 13.8 Å². The normalized spacial score (nSPS) is 9.71. The highest BCUT2D eigenvalue weighted by atomic mass is 79.9. The average molecular weight is 264 g/mol. The molecule has 0 aliphatic heterocycles. The van der Waals surface area contributed by atoms with Gasteiger partial charge >= 0.3 is 6.61 Å². The van der Waals surface area contributed by atoms with Gasteiger partial charge in [-0.25, -0.2) is 4.79 Å². The summed E-state index contributed by atoms with van der Waals surface area (Å²) < 4.78 is 28.3. The van der Waals surface area contributed by atoms with Crippen LogP contribution < -0.4 is 4.74 Å². The van der Waals surface area contributed by atoms with E-state index in [-0.39, 0.29) is 11.4 Å². The van der Waals surface area contributed by atoms with Gasteiger partial charge in [-0.3, -0.25) is 0 Å². The van der Waals surface area contributed by atoms with Gasteiger partial charge in [-0.15, -0.1) is 0 Å². The van der Waals surface area contributed by atoms with Crippen LogP contribution in [0.1, 0.15) is 0 Å². The summed E-state index contributed by atoms with van der Waals surface area (Å²) in [4.78, 5) is 13.2. The Balaban J connectivity index is 3.00. The molecule has 0 spiro atoms. The van der Waals surface area contributed by atoms with E-state index in [2.05, 4.69) is 25.7 Å². The van der Waals surface area contributed by atoms with Crippen LogP contribution in [0.25, 0.3) is 0 Å². The minimum absolute atomic E-state index is 0.0663. The van der Waals surface area contributed by atoms with Crippen LogP contribution in [0.5, 0.6) is 5.75 Å². The molecule has 1 rings (SSSR count). The Morgan fingerprint density at radius 1 is 1.43 bits per heavy atom. The molecular weight excluding hydrogens is 260 g/mol. The van der Waals surface area contributed by atoms with Gasteiger partial charge in [-0.1, -0.05) is 15.9 Å². The van der Waals surface area contributed by atoms with Crippen LogP contribution in [0.2, 0.25) is 0 Å². The van der Waals surface area contributed by atoms with Crippen LogP contribution >= 0.6 is 15.9 Å². The zero-order valence-electron chi connectivity index (χ0n) is 6.71. The van der Waals surface area contributed by atoms with Crippen molar-refractivity contribution in [1.29, 1.82) is 0 Å². The minimum atomic E-state index is -2.91. The first-order chi connectivity index (χ1) is 6.61. The van der Waals surface area contributed by atoms with E-state index in [0.717, 1.165) is 0 Å². The van der Waals surface area contributed by atoms with Crippen LogP contribution in [-0.2, 0) is 4.79 Å². The molecule has 0 radical (unpaired) electrons. The number of halogens is 3. The molecule has 0 unspecified atom stereocenters. The number of nitrogens with zero attached hydrogens (tertiary/aromatic N) is 1. The third-order valence-electron chi connectivity index (χ3n) is 1.26. The molecule has 0 fully saturated rings. The summed E-state index contributed by atoms with van der Waals surface area (Å²) >= 11 is 3.06. The van der Waals surface area contributed by atoms with Crippen molar-refractivity contribution in [2.45, 2.75) is 6.61 Å². The molecule has 0 amide bonds. The van der Waals surface area contributed by atoms with Crippen molar-refractivity contribution in [3.8, 4) is 5.75 Å². The predicted molar refractivity (Wildman–Crippen MR) is 48.6 cm³/mol. The lowest BCUT2D eigenvalue weighted by atomic mass is 10.3. The number of carbonyl (C=O) groups excluding carboxylic acids is 1. The van der Waals surface area contributed by atoms with Gasteiger partial charge in [-0.05, 0) is 12.1 Å². The number of aliphatic imine (C=N–C) groups is 1. The van der Waals surface area contributed by atoms with E-state index in [1.807, 2.05) is 0 Å². The molecule has 0 heterocycles. The maximum Gasteiger partial charge on any atom is 0.387 e. The lowest BCUT2D eigenvalue weighted by molar-refractivity contribution is -0.0498. The topological polar surface area (TPSA) is 38.7 Å². The molecule has 6 heteroatoms. The predicted octanol–water partition coefficient (Wildman–Crippen LogP) is 3.02. The monoisotopic (exact) mass is 263 g/mol. The van der Waals surface area contributed by atoms with Gasteiger partial charge in [0.2, 0.25) is 6.08 Å². The summed E-state index contributed by atoms with van der Waals surface area (Å²) in [6, 6.07) is 4.03. The molecule has 0 aliphatic carbocycles. The Kier molecular flexibility index (Phi) is 3.73. The number of benzene rings is 1. The van der Waals surface area contributed by atoms with E-state index < -0.39 is 6.61 Å². The summed E-state index contributed by atoms with van der Waals surface area (Å²) in [5.74, 6) is -0.0663. The molecular formula is C8H4BrF2NO2. The zero-order chi connectivity index (χ0) is 10.6. The molecule has 3 nitrogen and oxygen atoms in total. The van der Waals surface area contributed by atoms with E-state index in [1.54, 1.807) is 0 Å². The van der Waals surface area contributed by atoms with E-state index in [9.17, 15) is 13.6 Å². The molecule has 14 heavy (non-hydrogen) atoms. The zero-order valence-corrected chi connectivity index (χ0v) is 8.29. The Morgan fingerprint density at radius 2 is 2.14 bits per heavy atom. The minimum Gasteiger partial charge on any atom is -0.435 e. The van der Waals surface area contributed by atoms with Crippen LogP contribution in [0.15, 0.2) is 27.7 Å². The maximum absolute atomic E-state index is 11.8. The highest BCUT2D eigenvalue weighted by Gasteiger charge is 2.06. The molecule has 0 saturated heterocycles. The van der Waals surface area contributed by atoms with Crippen LogP contribution in [-0.4, -0.2) is 12.7 Å². The summed E-state index contributed by atoms with van der Waals surface area (Å²) in [6.07, 6.45) is 1.30. The molecule has 0 saturated carbocycles. The number of hydrogen-bond donors (Lipinski definition) is 0. The van der Waals surface area contributed by atoms with Gasteiger partial charge < -0.3 is 4.74 Å². The fourth-order valence-corrected chi connectivity index (χ4v) is 1.30. The highest BCUT2D eigenvalue weighted by Crippen LogP contribution is 2.27. The van der Waals surface area contributed by atoms with Crippen LogP contribution in [0.3, 0.4) is 0 Å². The average Bonchev–Trinajstić information content (AvgIpc) is 2.01. The van der Waals surface area contributed by atoms with Crippen molar-refractivity contribution in [2.24, 2.45) is 4.99 Å². The second-order valence-electron chi connectivity index (χ2n) is 2.23. The fourth-order valence-electron chi connectivity index (χ4n) is 0.836. The van der Waals surface area contributed by atoms with Crippen molar-refractivity contribution in [3.05, 3.63) is 22.7 Å². The van der Waals surface area contributed by atoms with Crippen molar-refractivity contribution in [1.82, 2.24) is 0 Å². The fraction of sp³-hybridized carbons (Fsp3) is 0.125. The molecule has 1 aromatic rings. The van der Waals surface area contributed by atoms with E-state index in [0.29, 0.717) is 4.47 Å². The Hall–Kier alpha value is -1.26.